The minimum absolute atomic E-state index is 0.00548. The van der Waals surface area contributed by atoms with E-state index in [1.807, 2.05) is 35.9 Å². The van der Waals surface area contributed by atoms with E-state index >= 15 is 0 Å². The number of carbonyl (C=O) groups is 1. The molecule has 4 aromatic heterocycles. The van der Waals surface area contributed by atoms with Gasteiger partial charge in [-0.1, -0.05) is 18.2 Å². The van der Waals surface area contributed by atoms with E-state index in [4.69, 9.17) is 0 Å². The van der Waals surface area contributed by atoms with Gasteiger partial charge in [-0.3, -0.25) is 9.78 Å². The van der Waals surface area contributed by atoms with Gasteiger partial charge in [-0.2, -0.15) is 13.2 Å². The molecule has 0 radical (unpaired) electrons. The Morgan fingerprint density at radius 3 is 2.58 bits per heavy atom. The zero-order chi connectivity index (χ0) is 30.3. The van der Waals surface area contributed by atoms with Crippen molar-refractivity contribution < 1.29 is 22.4 Å². The van der Waals surface area contributed by atoms with E-state index in [2.05, 4.69) is 31.7 Å². The summed E-state index contributed by atoms with van der Waals surface area (Å²) < 4.78 is 56.2. The minimum Gasteiger partial charge on any atom is -0.365 e. The van der Waals surface area contributed by atoms with Gasteiger partial charge in [-0.15, -0.1) is 11.3 Å². The van der Waals surface area contributed by atoms with Gasteiger partial charge in [0.1, 0.15) is 17.2 Å². The zero-order valence-corrected chi connectivity index (χ0v) is 23.8. The summed E-state index contributed by atoms with van der Waals surface area (Å²) in [7, 11) is 1.93. The minimum atomic E-state index is -4.68. The van der Waals surface area contributed by atoms with E-state index in [-0.39, 0.29) is 24.5 Å². The summed E-state index contributed by atoms with van der Waals surface area (Å²) in [6.07, 6.45) is -0.492. The quantitative estimate of drug-likeness (QED) is 0.188. The summed E-state index contributed by atoms with van der Waals surface area (Å²) >= 11 is 1.51. The number of hydrogen-bond acceptors (Lipinski definition) is 6. The number of hydrogen-bond donors (Lipinski definition) is 2. The van der Waals surface area contributed by atoms with E-state index in [1.165, 1.54) is 17.4 Å². The molecule has 6 rings (SSSR count). The highest BCUT2D eigenvalue weighted by molar-refractivity contribution is 7.15. The van der Waals surface area contributed by atoms with Crippen LogP contribution in [0.25, 0.3) is 32.4 Å². The number of nitrogens with zero attached hydrogens (tertiary/aromatic N) is 4. The number of carbonyl (C=O) groups excluding carboxylic acids is 1. The highest BCUT2D eigenvalue weighted by atomic mass is 32.1. The molecular formula is C31H24F4N6OS. The zero-order valence-electron chi connectivity index (χ0n) is 23.0. The van der Waals surface area contributed by atoms with Crippen LogP contribution >= 0.6 is 11.3 Å². The van der Waals surface area contributed by atoms with Crippen molar-refractivity contribution in [2.75, 3.05) is 5.32 Å². The van der Waals surface area contributed by atoms with Gasteiger partial charge in [0.05, 0.1) is 41.2 Å². The molecular weight excluding hydrogens is 580 g/mol. The predicted octanol–water partition coefficient (Wildman–Crippen LogP) is 7.25. The first-order valence-electron chi connectivity index (χ1n) is 13.2. The number of amides is 1. The fourth-order valence-electron chi connectivity index (χ4n) is 4.75. The summed E-state index contributed by atoms with van der Waals surface area (Å²) in [4.78, 5) is 27.7. The third kappa shape index (κ3) is 5.78. The van der Waals surface area contributed by atoms with Crippen LogP contribution in [0.4, 0.5) is 23.4 Å². The highest BCUT2D eigenvalue weighted by Gasteiger charge is 2.32. The normalized spacial score (nSPS) is 11.8. The summed E-state index contributed by atoms with van der Waals surface area (Å²) in [6, 6.07) is 15.1. The standard InChI is InChI=1S/C31H24F4N6OS/c1-17-3-4-18(9-24(17)32)12-39-30(42)23-11-20(31(33,34)35)13-37-29(23)38-14-21-6-8-27(43-21)19-5-7-25-22(10-19)28-26(15-36-25)40-16-41(28)2/h3-11,13,15-16H,12,14H2,1-2H3,(H,37,38)(H,39,42). The number of aromatic nitrogens is 4. The number of alkyl halides is 3. The first kappa shape index (κ1) is 28.3. The van der Waals surface area contributed by atoms with Crippen LogP contribution in [-0.2, 0) is 26.3 Å². The molecule has 0 atom stereocenters. The Morgan fingerprint density at radius 2 is 1.79 bits per heavy atom. The second kappa shape index (κ2) is 11.1. The number of imidazole rings is 1. The smallest absolute Gasteiger partial charge is 0.365 e. The molecule has 2 N–H and O–H groups in total. The number of rotatable bonds is 7. The van der Waals surface area contributed by atoms with Crippen LogP contribution in [-0.4, -0.2) is 25.4 Å². The molecule has 0 bridgehead atoms. The Hall–Kier alpha value is -4.84. The molecule has 43 heavy (non-hydrogen) atoms. The number of fused-ring (bicyclic) bond motifs is 3. The number of thiophene rings is 1. The van der Waals surface area contributed by atoms with Crippen LogP contribution in [0.2, 0.25) is 0 Å². The Balaban J connectivity index is 1.22. The van der Waals surface area contributed by atoms with E-state index in [1.54, 1.807) is 31.6 Å². The lowest BCUT2D eigenvalue weighted by atomic mass is 10.1. The maximum Gasteiger partial charge on any atom is 0.417 e. The molecule has 0 saturated carbocycles. The summed E-state index contributed by atoms with van der Waals surface area (Å²) in [6.45, 7) is 1.78. The van der Waals surface area contributed by atoms with Crippen molar-refractivity contribution >= 4 is 45.0 Å². The van der Waals surface area contributed by atoms with E-state index in [0.29, 0.717) is 17.3 Å². The topological polar surface area (TPSA) is 84.7 Å². The van der Waals surface area contributed by atoms with Crippen molar-refractivity contribution in [3.63, 3.8) is 0 Å². The Morgan fingerprint density at radius 1 is 0.953 bits per heavy atom. The van der Waals surface area contributed by atoms with Crippen LogP contribution in [0.3, 0.4) is 0 Å². The summed E-state index contributed by atoms with van der Waals surface area (Å²) in [5.74, 6) is -1.19. The van der Waals surface area contributed by atoms with Crippen LogP contribution in [0.15, 0.2) is 73.3 Å². The van der Waals surface area contributed by atoms with Gasteiger partial charge >= 0.3 is 6.18 Å². The second-order valence-electron chi connectivity index (χ2n) is 10.1. The third-order valence-corrected chi connectivity index (χ3v) is 8.20. The number of benzene rings is 2. The van der Waals surface area contributed by atoms with Gasteiger partial charge in [0.2, 0.25) is 0 Å². The maximum absolute atomic E-state index is 13.9. The van der Waals surface area contributed by atoms with Gasteiger partial charge in [-0.05, 0) is 60.0 Å². The first-order chi connectivity index (χ1) is 20.6. The highest BCUT2D eigenvalue weighted by Crippen LogP contribution is 2.34. The van der Waals surface area contributed by atoms with Crippen LogP contribution in [0, 0.1) is 12.7 Å². The number of pyridine rings is 2. The van der Waals surface area contributed by atoms with Gasteiger partial charge in [0.15, 0.2) is 0 Å². The molecule has 0 aliphatic carbocycles. The summed E-state index contributed by atoms with van der Waals surface area (Å²) in [5, 5.41) is 6.56. The van der Waals surface area contributed by atoms with Crippen molar-refractivity contribution in [1.29, 1.82) is 0 Å². The Kier molecular flexibility index (Phi) is 7.30. The Bertz CT molecular complexity index is 2000. The van der Waals surface area contributed by atoms with Crippen molar-refractivity contribution in [2.24, 2.45) is 7.05 Å². The lowest BCUT2D eigenvalue weighted by Gasteiger charge is -2.14. The second-order valence-corrected chi connectivity index (χ2v) is 11.3. The Labute approximate surface area is 247 Å². The predicted molar refractivity (Wildman–Crippen MR) is 158 cm³/mol. The SMILES string of the molecule is Cc1ccc(CNC(=O)c2cc(C(F)(F)F)cnc2NCc2ccc(-c3ccc4ncc5ncn(C)c5c4c3)s2)cc1F. The molecule has 1 amide bonds. The van der Waals surface area contributed by atoms with Crippen LogP contribution < -0.4 is 10.6 Å². The number of halogens is 4. The molecule has 0 unspecified atom stereocenters. The van der Waals surface area contributed by atoms with Gasteiger partial charge in [0, 0.05) is 34.9 Å². The third-order valence-electron chi connectivity index (χ3n) is 7.07. The molecule has 218 valence electrons. The average Bonchev–Trinajstić information content (AvgIpc) is 3.62. The fraction of sp³-hybridized carbons (Fsp3) is 0.161. The number of nitrogens with one attached hydrogen (secondary N) is 2. The van der Waals surface area contributed by atoms with Gasteiger partial charge in [0.25, 0.3) is 5.91 Å². The molecule has 12 heteroatoms. The van der Waals surface area contributed by atoms with Crippen LogP contribution in [0.5, 0.6) is 0 Å². The molecule has 0 fully saturated rings. The molecule has 0 spiro atoms. The van der Waals surface area contributed by atoms with E-state index < -0.39 is 23.5 Å². The molecule has 0 saturated heterocycles. The van der Waals surface area contributed by atoms with E-state index in [9.17, 15) is 22.4 Å². The molecule has 7 nitrogen and oxygen atoms in total. The van der Waals surface area contributed by atoms with Crippen LogP contribution in [0.1, 0.15) is 31.9 Å². The molecule has 6 aromatic rings. The number of anilines is 1. The van der Waals surface area contributed by atoms with E-state index in [0.717, 1.165) is 43.3 Å². The molecule has 4 heterocycles. The molecule has 0 aliphatic rings. The summed E-state index contributed by atoms with van der Waals surface area (Å²) in [5.41, 5.74) is 3.24. The van der Waals surface area contributed by atoms with Crippen molar-refractivity contribution in [1.82, 2.24) is 24.8 Å². The monoisotopic (exact) mass is 604 g/mol. The maximum atomic E-state index is 13.9. The molecule has 2 aromatic carbocycles. The average molecular weight is 605 g/mol. The fourth-order valence-corrected chi connectivity index (χ4v) is 5.69. The lowest BCUT2D eigenvalue weighted by molar-refractivity contribution is -0.137. The largest absolute Gasteiger partial charge is 0.417 e. The van der Waals surface area contributed by atoms with Crippen molar-refractivity contribution in [3.05, 3.63) is 106 Å². The van der Waals surface area contributed by atoms with Gasteiger partial charge in [-0.25, -0.2) is 14.4 Å². The number of aryl methyl sites for hydroxylation is 2. The lowest BCUT2D eigenvalue weighted by Crippen LogP contribution is -2.25. The van der Waals surface area contributed by atoms with Crippen molar-refractivity contribution in [2.45, 2.75) is 26.2 Å². The van der Waals surface area contributed by atoms with Crippen molar-refractivity contribution in [3.8, 4) is 10.4 Å². The van der Waals surface area contributed by atoms with Gasteiger partial charge < -0.3 is 15.2 Å². The first-order valence-corrected chi connectivity index (χ1v) is 14.0. The molecule has 0 aliphatic heterocycles.